The minimum absolute atomic E-state index is 0.777. The van der Waals surface area contributed by atoms with Crippen molar-refractivity contribution in [3.8, 4) is 0 Å². The zero-order valence-corrected chi connectivity index (χ0v) is 12.8. The lowest BCUT2D eigenvalue weighted by atomic mass is 9.94. The van der Waals surface area contributed by atoms with Crippen LogP contribution in [0.15, 0.2) is 24.3 Å². The summed E-state index contributed by atoms with van der Waals surface area (Å²) in [4.78, 5) is 2.58. The summed E-state index contributed by atoms with van der Waals surface area (Å²) in [6, 6.07) is 9.72. The second kappa shape index (κ2) is 6.62. The first-order chi connectivity index (χ1) is 9.83. The third-order valence-corrected chi connectivity index (χ3v) is 4.85. The highest BCUT2D eigenvalue weighted by Crippen LogP contribution is 2.28. The van der Waals surface area contributed by atoms with Gasteiger partial charge in [-0.3, -0.25) is 0 Å². The van der Waals surface area contributed by atoms with Crippen LogP contribution in [0.2, 0.25) is 0 Å². The van der Waals surface area contributed by atoms with Crippen molar-refractivity contribution in [2.45, 2.75) is 51.5 Å². The molecule has 2 nitrogen and oxygen atoms in total. The molecule has 20 heavy (non-hydrogen) atoms. The third kappa shape index (κ3) is 3.35. The Balaban J connectivity index is 1.54. The van der Waals surface area contributed by atoms with E-state index in [9.17, 15) is 0 Å². The van der Waals surface area contributed by atoms with Gasteiger partial charge in [0.15, 0.2) is 0 Å². The van der Waals surface area contributed by atoms with Gasteiger partial charge in [0, 0.05) is 31.4 Å². The average Bonchev–Trinajstić information content (AvgIpc) is 2.48. The molecule has 1 saturated carbocycles. The fourth-order valence-electron chi connectivity index (χ4n) is 3.83. The molecular weight excluding hydrogens is 244 g/mol. The van der Waals surface area contributed by atoms with Crippen molar-refractivity contribution in [1.82, 2.24) is 5.32 Å². The lowest BCUT2D eigenvalue weighted by Gasteiger charge is -2.35. The Labute approximate surface area is 123 Å². The predicted octanol–water partition coefficient (Wildman–Crippen LogP) is 3.61. The van der Waals surface area contributed by atoms with Crippen molar-refractivity contribution in [3.05, 3.63) is 29.8 Å². The molecule has 0 amide bonds. The fraction of sp³-hybridized carbons (Fsp3) is 0.667. The molecule has 1 atom stereocenters. The molecule has 1 aliphatic heterocycles. The van der Waals surface area contributed by atoms with Gasteiger partial charge in [0.25, 0.3) is 0 Å². The molecule has 0 spiro atoms. The molecule has 0 saturated heterocycles. The molecule has 1 N–H and O–H groups in total. The quantitative estimate of drug-likeness (QED) is 0.901. The van der Waals surface area contributed by atoms with Crippen molar-refractivity contribution in [3.63, 3.8) is 0 Å². The molecule has 2 heteroatoms. The highest BCUT2D eigenvalue weighted by atomic mass is 15.2. The standard InChI is InChI=1S/C18H28N2/c1-15-13-16-7-5-6-10-18(16)20(14-15)12-11-19-17-8-3-2-4-9-17/h5-7,10,15,17,19H,2-4,8-9,11-14H2,1H3. The van der Waals surface area contributed by atoms with E-state index in [-0.39, 0.29) is 0 Å². The summed E-state index contributed by atoms with van der Waals surface area (Å²) in [7, 11) is 0. The average molecular weight is 272 g/mol. The minimum Gasteiger partial charge on any atom is -0.370 e. The van der Waals surface area contributed by atoms with Gasteiger partial charge in [-0.05, 0) is 36.8 Å². The van der Waals surface area contributed by atoms with E-state index in [1.807, 2.05) is 0 Å². The molecular formula is C18H28N2. The molecule has 0 radical (unpaired) electrons. The summed E-state index contributed by atoms with van der Waals surface area (Å²) in [6.45, 7) is 5.87. The summed E-state index contributed by atoms with van der Waals surface area (Å²) in [5.74, 6) is 0.777. The van der Waals surface area contributed by atoms with Gasteiger partial charge in [-0.1, -0.05) is 44.4 Å². The number of nitrogens with zero attached hydrogens (tertiary/aromatic N) is 1. The van der Waals surface area contributed by atoms with E-state index in [1.54, 1.807) is 0 Å². The third-order valence-electron chi connectivity index (χ3n) is 4.85. The summed E-state index contributed by atoms with van der Waals surface area (Å²) in [5, 5.41) is 3.77. The predicted molar refractivity (Wildman–Crippen MR) is 86.4 cm³/mol. The molecule has 1 unspecified atom stereocenters. The van der Waals surface area contributed by atoms with Crippen LogP contribution in [0.25, 0.3) is 0 Å². The van der Waals surface area contributed by atoms with E-state index in [0.717, 1.165) is 25.0 Å². The summed E-state index contributed by atoms with van der Waals surface area (Å²) in [6.07, 6.45) is 8.28. The van der Waals surface area contributed by atoms with E-state index < -0.39 is 0 Å². The number of rotatable bonds is 4. The lowest BCUT2D eigenvalue weighted by Crippen LogP contribution is -2.41. The Morgan fingerprint density at radius 3 is 2.80 bits per heavy atom. The molecule has 2 aliphatic rings. The fourth-order valence-corrected chi connectivity index (χ4v) is 3.83. The van der Waals surface area contributed by atoms with Crippen molar-refractivity contribution < 1.29 is 0 Å². The Morgan fingerprint density at radius 1 is 1.15 bits per heavy atom. The van der Waals surface area contributed by atoms with E-state index in [0.29, 0.717) is 0 Å². The van der Waals surface area contributed by atoms with E-state index >= 15 is 0 Å². The Bertz CT molecular complexity index is 423. The second-order valence-electron chi connectivity index (χ2n) is 6.67. The van der Waals surface area contributed by atoms with E-state index in [1.165, 1.54) is 56.3 Å². The molecule has 1 fully saturated rings. The molecule has 0 aromatic heterocycles. The highest BCUT2D eigenvalue weighted by Gasteiger charge is 2.21. The molecule has 1 aromatic carbocycles. The van der Waals surface area contributed by atoms with Crippen LogP contribution in [0.5, 0.6) is 0 Å². The molecule has 1 aliphatic carbocycles. The summed E-state index contributed by atoms with van der Waals surface area (Å²) >= 11 is 0. The van der Waals surface area contributed by atoms with Crippen molar-refractivity contribution in [2.75, 3.05) is 24.5 Å². The van der Waals surface area contributed by atoms with Crippen molar-refractivity contribution >= 4 is 5.69 Å². The van der Waals surface area contributed by atoms with Crippen LogP contribution < -0.4 is 10.2 Å². The highest BCUT2D eigenvalue weighted by molar-refractivity contribution is 5.55. The molecule has 1 aromatic rings. The first kappa shape index (κ1) is 13.9. The number of anilines is 1. The van der Waals surface area contributed by atoms with Crippen molar-refractivity contribution in [1.29, 1.82) is 0 Å². The van der Waals surface area contributed by atoms with Crippen LogP contribution in [0.3, 0.4) is 0 Å². The maximum Gasteiger partial charge on any atom is 0.0399 e. The molecule has 1 heterocycles. The Kier molecular flexibility index (Phi) is 4.62. The Morgan fingerprint density at radius 2 is 1.95 bits per heavy atom. The zero-order valence-electron chi connectivity index (χ0n) is 12.8. The van der Waals surface area contributed by atoms with Gasteiger partial charge >= 0.3 is 0 Å². The number of para-hydroxylation sites is 1. The van der Waals surface area contributed by atoms with Crippen LogP contribution in [0, 0.1) is 5.92 Å². The van der Waals surface area contributed by atoms with Gasteiger partial charge in [-0.2, -0.15) is 0 Å². The number of benzene rings is 1. The topological polar surface area (TPSA) is 15.3 Å². The van der Waals surface area contributed by atoms with Crippen LogP contribution in [-0.2, 0) is 6.42 Å². The number of hydrogen-bond acceptors (Lipinski definition) is 2. The minimum atomic E-state index is 0.777. The van der Waals surface area contributed by atoms with E-state index in [4.69, 9.17) is 0 Å². The van der Waals surface area contributed by atoms with Gasteiger partial charge in [0.1, 0.15) is 0 Å². The first-order valence-electron chi connectivity index (χ1n) is 8.39. The maximum atomic E-state index is 3.77. The SMILES string of the molecule is CC1Cc2ccccc2N(CCNC2CCCCC2)C1. The van der Waals surface area contributed by atoms with Crippen LogP contribution in [-0.4, -0.2) is 25.7 Å². The first-order valence-corrected chi connectivity index (χ1v) is 8.39. The lowest BCUT2D eigenvalue weighted by molar-refractivity contribution is 0.374. The van der Waals surface area contributed by atoms with Crippen molar-refractivity contribution in [2.24, 2.45) is 5.92 Å². The summed E-state index contributed by atoms with van der Waals surface area (Å²) < 4.78 is 0. The smallest absolute Gasteiger partial charge is 0.0399 e. The van der Waals surface area contributed by atoms with Gasteiger partial charge < -0.3 is 10.2 Å². The van der Waals surface area contributed by atoms with Crippen LogP contribution >= 0.6 is 0 Å². The molecule has 110 valence electrons. The van der Waals surface area contributed by atoms with Gasteiger partial charge in [0.05, 0.1) is 0 Å². The van der Waals surface area contributed by atoms with Gasteiger partial charge in [-0.15, -0.1) is 0 Å². The van der Waals surface area contributed by atoms with Gasteiger partial charge in [0.2, 0.25) is 0 Å². The maximum absolute atomic E-state index is 3.77. The van der Waals surface area contributed by atoms with E-state index in [2.05, 4.69) is 41.4 Å². The number of fused-ring (bicyclic) bond motifs is 1. The monoisotopic (exact) mass is 272 g/mol. The number of nitrogens with one attached hydrogen (secondary N) is 1. The van der Waals surface area contributed by atoms with Crippen LogP contribution in [0.1, 0.15) is 44.6 Å². The molecule has 0 bridgehead atoms. The zero-order chi connectivity index (χ0) is 13.8. The largest absolute Gasteiger partial charge is 0.370 e. The van der Waals surface area contributed by atoms with Gasteiger partial charge in [-0.25, -0.2) is 0 Å². The summed E-state index contributed by atoms with van der Waals surface area (Å²) in [5.41, 5.74) is 3.00. The second-order valence-corrected chi connectivity index (χ2v) is 6.67. The van der Waals surface area contributed by atoms with Crippen LogP contribution in [0.4, 0.5) is 5.69 Å². The Hall–Kier alpha value is -1.02. The normalized spacial score (nSPS) is 23.6. The number of hydrogen-bond donors (Lipinski definition) is 1. The molecule has 3 rings (SSSR count).